The van der Waals surface area contributed by atoms with Gasteiger partial charge in [0.2, 0.25) is 0 Å². The molecule has 1 atom stereocenters. The first-order valence-electron chi connectivity index (χ1n) is 6.25. The largest absolute Gasteiger partial charge is 0.328 e. The van der Waals surface area contributed by atoms with E-state index in [0.717, 1.165) is 24.0 Å². The van der Waals surface area contributed by atoms with Crippen LogP contribution in [0.1, 0.15) is 18.9 Å². The Hall–Kier alpha value is -1.67. The summed E-state index contributed by atoms with van der Waals surface area (Å²) in [7, 11) is 0. The quantitative estimate of drug-likeness (QED) is 0.869. The molecule has 0 fully saturated rings. The second-order valence-corrected chi connectivity index (χ2v) is 4.73. The van der Waals surface area contributed by atoms with Crippen LogP contribution in [0.4, 0.5) is 4.39 Å². The number of nitrogens with two attached hydrogens (primary N) is 1. The van der Waals surface area contributed by atoms with Gasteiger partial charge in [-0.25, -0.2) is 4.39 Å². The van der Waals surface area contributed by atoms with Gasteiger partial charge in [0.25, 0.3) is 0 Å². The molecular formula is C16H18FN. The predicted octanol–water partition coefficient (Wildman–Crippen LogP) is 3.77. The van der Waals surface area contributed by atoms with E-state index < -0.39 is 0 Å². The first kappa shape index (κ1) is 12.8. The van der Waals surface area contributed by atoms with Crippen molar-refractivity contribution in [1.29, 1.82) is 0 Å². The van der Waals surface area contributed by atoms with Crippen LogP contribution in [0.15, 0.2) is 48.5 Å². The molecule has 2 heteroatoms. The molecule has 2 aromatic carbocycles. The molecule has 0 aliphatic carbocycles. The number of halogens is 1. The average molecular weight is 243 g/mol. The van der Waals surface area contributed by atoms with Crippen LogP contribution < -0.4 is 5.73 Å². The Morgan fingerprint density at radius 2 is 1.72 bits per heavy atom. The average Bonchev–Trinajstić information content (AvgIpc) is 2.37. The van der Waals surface area contributed by atoms with Crippen LogP contribution in [0.5, 0.6) is 0 Å². The summed E-state index contributed by atoms with van der Waals surface area (Å²) in [5, 5.41) is 0. The van der Waals surface area contributed by atoms with Crippen LogP contribution in [-0.4, -0.2) is 6.04 Å². The number of rotatable bonds is 4. The minimum atomic E-state index is -0.200. The smallest absolute Gasteiger partial charge is 0.123 e. The van der Waals surface area contributed by atoms with Crippen molar-refractivity contribution in [1.82, 2.24) is 0 Å². The third-order valence-electron chi connectivity index (χ3n) is 2.97. The lowest BCUT2D eigenvalue weighted by molar-refractivity contribution is 0.628. The highest BCUT2D eigenvalue weighted by Gasteiger charge is 2.02. The number of benzene rings is 2. The number of hydrogen-bond acceptors (Lipinski definition) is 1. The standard InChI is InChI=1S/C16H18FN/c1-12(18)8-9-13-4-2-5-14(10-13)15-6-3-7-16(17)11-15/h2-7,10-12H,8-9,18H2,1H3. The molecule has 0 saturated heterocycles. The molecule has 2 N–H and O–H groups in total. The fourth-order valence-corrected chi connectivity index (χ4v) is 1.97. The van der Waals surface area contributed by atoms with Crippen molar-refractivity contribution in [3.05, 3.63) is 59.9 Å². The van der Waals surface area contributed by atoms with Gasteiger partial charge in [0.15, 0.2) is 0 Å². The van der Waals surface area contributed by atoms with E-state index in [4.69, 9.17) is 5.73 Å². The molecule has 1 unspecified atom stereocenters. The zero-order valence-corrected chi connectivity index (χ0v) is 10.6. The molecule has 0 radical (unpaired) electrons. The normalized spacial score (nSPS) is 12.4. The summed E-state index contributed by atoms with van der Waals surface area (Å²) in [5.74, 6) is -0.200. The Morgan fingerprint density at radius 3 is 2.39 bits per heavy atom. The lowest BCUT2D eigenvalue weighted by Gasteiger charge is -2.07. The molecule has 0 bridgehead atoms. The zero-order chi connectivity index (χ0) is 13.0. The molecule has 0 aliphatic rings. The molecule has 0 spiro atoms. The monoisotopic (exact) mass is 243 g/mol. The minimum Gasteiger partial charge on any atom is -0.328 e. The Morgan fingerprint density at radius 1 is 1.06 bits per heavy atom. The van der Waals surface area contributed by atoms with Crippen molar-refractivity contribution in [3.8, 4) is 11.1 Å². The van der Waals surface area contributed by atoms with Crippen molar-refractivity contribution in [2.45, 2.75) is 25.8 Å². The summed E-state index contributed by atoms with van der Waals surface area (Å²) in [5.41, 5.74) is 8.97. The maximum absolute atomic E-state index is 13.2. The van der Waals surface area contributed by atoms with Crippen LogP contribution in [0, 0.1) is 5.82 Å². The third kappa shape index (κ3) is 3.41. The van der Waals surface area contributed by atoms with E-state index in [2.05, 4.69) is 12.1 Å². The van der Waals surface area contributed by atoms with E-state index >= 15 is 0 Å². The highest BCUT2D eigenvalue weighted by molar-refractivity contribution is 5.64. The van der Waals surface area contributed by atoms with Gasteiger partial charge < -0.3 is 5.73 Å². The van der Waals surface area contributed by atoms with E-state index in [0.29, 0.717) is 0 Å². The lowest BCUT2D eigenvalue weighted by Crippen LogP contribution is -2.15. The predicted molar refractivity (Wildman–Crippen MR) is 73.8 cm³/mol. The van der Waals surface area contributed by atoms with Gasteiger partial charge >= 0.3 is 0 Å². The minimum absolute atomic E-state index is 0.200. The second kappa shape index (κ2) is 5.78. The second-order valence-electron chi connectivity index (χ2n) is 4.73. The topological polar surface area (TPSA) is 26.0 Å². The summed E-state index contributed by atoms with van der Waals surface area (Å²) in [4.78, 5) is 0. The summed E-state index contributed by atoms with van der Waals surface area (Å²) < 4.78 is 13.2. The summed E-state index contributed by atoms with van der Waals surface area (Å²) in [6.45, 7) is 2.01. The highest BCUT2D eigenvalue weighted by atomic mass is 19.1. The zero-order valence-electron chi connectivity index (χ0n) is 10.6. The molecule has 2 rings (SSSR count). The van der Waals surface area contributed by atoms with E-state index in [1.807, 2.05) is 25.1 Å². The Labute approximate surface area is 107 Å². The van der Waals surface area contributed by atoms with Crippen LogP contribution in [0.3, 0.4) is 0 Å². The van der Waals surface area contributed by atoms with Crippen LogP contribution in [-0.2, 0) is 6.42 Å². The highest BCUT2D eigenvalue weighted by Crippen LogP contribution is 2.21. The number of aryl methyl sites for hydroxylation is 1. The maximum Gasteiger partial charge on any atom is 0.123 e. The van der Waals surface area contributed by atoms with Gasteiger partial charge in [-0.1, -0.05) is 36.4 Å². The van der Waals surface area contributed by atoms with Gasteiger partial charge in [-0.15, -0.1) is 0 Å². The molecule has 0 saturated carbocycles. The van der Waals surface area contributed by atoms with Gasteiger partial charge in [-0.05, 0) is 48.6 Å². The Kier molecular flexibility index (Phi) is 4.11. The van der Waals surface area contributed by atoms with Crippen molar-refractivity contribution in [2.24, 2.45) is 5.73 Å². The summed E-state index contributed by atoms with van der Waals surface area (Å²) in [6.07, 6.45) is 1.92. The molecule has 18 heavy (non-hydrogen) atoms. The van der Waals surface area contributed by atoms with Crippen LogP contribution in [0.2, 0.25) is 0 Å². The molecule has 2 aromatic rings. The van der Waals surface area contributed by atoms with Gasteiger partial charge in [0.05, 0.1) is 0 Å². The van der Waals surface area contributed by atoms with E-state index in [1.165, 1.54) is 11.6 Å². The maximum atomic E-state index is 13.2. The molecule has 0 aromatic heterocycles. The van der Waals surface area contributed by atoms with Crippen molar-refractivity contribution in [3.63, 3.8) is 0 Å². The fraction of sp³-hybridized carbons (Fsp3) is 0.250. The van der Waals surface area contributed by atoms with Gasteiger partial charge in [-0.3, -0.25) is 0 Å². The molecular weight excluding hydrogens is 225 g/mol. The molecule has 1 nitrogen and oxygen atoms in total. The first-order valence-corrected chi connectivity index (χ1v) is 6.25. The number of hydrogen-bond donors (Lipinski definition) is 1. The summed E-state index contributed by atoms with van der Waals surface area (Å²) >= 11 is 0. The van der Waals surface area contributed by atoms with Crippen molar-refractivity contribution < 1.29 is 4.39 Å². The molecule has 0 amide bonds. The summed E-state index contributed by atoms with van der Waals surface area (Å²) in [6, 6.07) is 15.1. The molecule has 0 heterocycles. The van der Waals surface area contributed by atoms with E-state index in [-0.39, 0.29) is 11.9 Å². The van der Waals surface area contributed by atoms with Crippen molar-refractivity contribution >= 4 is 0 Å². The van der Waals surface area contributed by atoms with E-state index in [9.17, 15) is 4.39 Å². The Bertz CT molecular complexity index is 520. The Balaban J connectivity index is 2.21. The third-order valence-corrected chi connectivity index (χ3v) is 2.97. The van der Waals surface area contributed by atoms with Crippen LogP contribution in [0.25, 0.3) is 11.1 Å². The van der Waals surface area contributed by atoms with E-state index in [1.54, 1.807) is 12.1 Å². The van der Waals surface area contributed by atoms with Crippen LogP contribution >= 0.6 is 0 Å². The van der Waals surface area contributed by atoms with Gasteiger partial charge in [0.1, 0.15) is 5.82 Å². The molecule has 94 valence electrons. The SMILES string of the molecule is CC(N)CCc1cccc(-c2cccc(F)c2)c1. The van der Waals surface area contributed by atoms with Gasteiger partial charge in [0, 0.05) is 6.04 Å². The van der Waals surface area contributed by atoms with Crippen molar-refractivity contribution in [2.75, 3.05) is 0 Å². The fourth-order valence-electron chi connectivity index (χ4n) is 1.97. The first-order chi connectivity index (χ1) is 8.65. The van der Waals surface area contributed by atoms with Gasteiger partial charge in [-0.2, -0.15) is 0 Å². The molecule has 0 aliphatic heterocycles. The lowest BCUT2D eigenvalue weighted by atomic mass is 10.00.